The number of rotatable bonds is 9. The quantitative estimate of drug-likeness (QED) is 0.727. The second-order valence-electron chi connectivity index (χ2n) is 5.08. The Labute approximate surface area is 126 Å². The topological polar surface area (TPSA) is 23.5 Å². The zero-order valence-corrected chi connectivity index (χ0v) is 13.7. The monoisotopic (exact) mass is 327 g/mol. The Kier molecular flexibility index (Phi) is 8.35. The Morgan fingerprint density at radius 3 is 2.05 bits per heavy atom. The summed E-state index contributed by atoms with van der Waals surface area (Å²) in [6.45, 7) is 7.34. The number of hydrogen-bond acceptors (Lipinski definition) is 2. The van der Waals surface area contributed by atoms with Crippen LogP contribution < -0.4 is 0 Å². The molecule has 3 heteroatoms. The second kappa shape index (κ2) is 9.51. The molecule has 0 aliphatic rings. The van der Waals surface area contributed by atoms with Gasteiger partial charge in [-0.3, -0.25) is 0 Å². The van der Waals surface area contributed by atoms with Gasteiger partial charge in [-0.05, 0) is 43.6 Å². The first-order valence-corrected chi connectivity index (χ1v) is 8.12. The molecule has 0 saturated heterocycles. The molecule has 1 rings (SSSR count). The highest BCUT2D eigenvalue weighted by Gasteiger charge is 2.12. The molecule has 1 aromatic carbocycles. The number of aliphatic hydroxyl groups is 1. The minimum Gasteiger partial charge on any atom is -0.387 e. The van der Waals surface area contributed by atoms with E-state index in [1.165, 1.54) is 25.7 Å². The van der Waals surface area contributed by atoms with Gasteiger partial charge >= 0.3 is 0 Å². The number of unbranched alkanes of at least 4 members (excludes halogenated alkanes) is 2. The van der Waals surface area contributed by atoms with Crippen molar-refractivity contribution in [1.29, 1.82) is 0 Å². The lowest BCUT2D eigenvalue weighted by atomic mass is 10.1. The summed E-state index contributed by atoms with van der Waals surface area (Å²) >= 11 is 3.42. The first-order valence-electron chi connectivity index (χ1n) is 7.33. The molecule has 19 heavy (non-hydrogen) atoms. The fourth-order valence-corrected chi connectivity index (χ4v) is 2.36. The minimum atomic E-state index is -0.387. The molecule has 1 aromatic rings. The number of aliphatic hydroxyl groups excluding tert-OH is 1. The molecule has 0 fully saturated rings. The Balaban J connectivity index is 2.53. The van der Waals surface area contributed by atoms with Crippen LogP contribution in [0.1, 0.15) is 51.2 Å². The van der Waals surface area contributed by atoms with Crippen LogP contribution in [-0.2, 0) is 0 Å². The van der Waals surface area contributed by atoms with Gasteiger partial charge in [0.05, 0.1) is 6.10 Å². The van der Waals surface area contributed by atoms with E-state index in [0.29, 0.717) is 0 Å². The molecular weight excluding hydrogens is 302 g/mol. The predicted octanol–water partition coefficient (Wildman–Crippen LogP) is 4.38. The van der Waals surface area contributed by atoms with E-state index in [1.807, 2.05) is 24.3 Å². The van der Waals surface area contributed by atoms with Crippen molar-refractivity contribution in [3.63, 3.8) is 0 Å². The lowest BCUT2D eigenvalue weighted by Crippen LogP contribution is -2.30. The zero-order valence-electron chi connectivity index (χ0n) is 12.1. The molecular formula is C16H26BrNO. The predicted molar refractivity (Wildman–Crippen MR) is 85.4 cm³/mol. The van der Waals surface area contributed by atoms with E-state index in [9.17, 15) is 5.11 Å². The van der Waals surface area contributed by atoms with Crippen LogP contribution in [0.25, 0.3) is 0 Å². The van der Waals surface area contributed by atoms with Gasteiger partial charge in [-0.25, -0.2) is 0 Å². The van der Waals surface area contributed by atoms with Gasteiger partial charge in [-0.2, -0.15) is 0 Å². The van der Waals surface area contributed by atoms with E-state index in [-0.39, 0.29) is 6.10 Å². The van der Waals surface area contributed by atoms with Gasteiger partial charge < -0.3 is 10.0 Å². The number of nitrogens with zero attached hydrogens (tertiary/aromatic N) is 1. The third-order valence-electron chi connectivity index (χ3n) is 3.34. The van der Waals surface area contributed by atoms with Crippen LogP contribution in [0.5, 0.6) is 0 Å². The summed E-state index contributed by atoms with van der Waals surface area (Å²) in [4.78, 5) is 2.39. The average molecular weight is 328 g/mol. The van der Waals surface area contributed by atoms with Gasteiger partial charge in [0, 0.05) is 11.0 Å². The van der Waals surface area contributed by atoms with Crippen LogP contribution in [0.15, 0.2) is 28.7 Å². The highest BCUT2D eigenvalue weighted by atomic mass is 79.9. The smallest absolute Gasteiger partial charge is 0.0916 e. The molecule has 0 radical (unpaired) electrons. The summed E-state index contributed by atoms with van der Waals surface area (Å²) in [5, 5.41) is 10.3. The Bertz CT molecular complexity index is 331. The van der Waals surface area contributed by atoms with Crippen molar-refractivity contribution in [3.05, 3.63) is 34.3 Å². The SMILES string of the molecule is CCCCN(CCCC)C[C@H](O)c1ccc(Br)cc1. The molecule has 0 heterocycles. The van der Waals surface area contributed by atoms with Crippen molar-refractivity contribution < 1.29 is 5.11 Å². The van der Waals surface area contributed by atoms with Crippen LogP contribution in [0.2, 0.25) is 0 Å². The van der Waals surface area contributed by atoms with Crippen molar-refractivity contribution >= 4 is 15.9 Å². The van der Waals surface area contributed by atoms with E-state index in [4.69, 9.17) is 0 Å². The lowest BCUT2D eigenvalue weighted by Gasteiger charge is -2.25. The van der Waals surface area contributed by atoms with Crippen molar-refractivity contribution in [3.8, 4) is 0 Å². The summed E-state index contributed by atoms with van der Waals surface area (Å²) < 4.78 is 1.05. The van der Waals surface area contributed by atoms with Crippen molar-refractivity contribution in [2.45, 2.75) is 45.6 Å². The zero-order chi connectivity index (χ0) is 14.1. The fraction of sp³-hybridized carbons (Fsp3) is 0.625. The first-order chi connectivity index (χ1) is 9.17. The molecule has 1 atom stereocenters. The van der Waals surface area contributed by atoms with Gasteiger partial charge in [0.2, 0.25) is 0 Å². The van der Waals surface area contributed by atoms with E-state index >= 15 is 0 Å². The molecule has 2 nitrogen and oxygen atoms in total. The minimum absolute atomic E-state index is 0.387. The normalized spacial score (nSPS) is 12.9. The Morgan fingerprint density at radius 1 is 1.05 bits per heavy atom. The standard InChI is InChI=1S/C16H26BrNO/c1-3-5-11-18(12-6-4-2)13-16(19)14-7-9-15(17)10-8-14/h7-10,16,19H,3-6,11-13H2,1-2H3/t16-/m0/s1. The maximum absolute atomic E-state index is 10.3. The van der Waals surface area contributed by atoms with Crippen LogP contribution in [0.4, 0.5) is 0 Å². The maximum atomic E-state index is 10.3. The number of halogens is 1. The molecule has 0 aliphatic heterocycles. The second-order valence-corrected chi connectivity index (χ2v) is 5.99. The summed E-state index contributed by atoms with van der Waals surface area (Å²) in [7, 11) is 0. The van der Waals surface area contributed by atoms with Crippen molar-refractivity contribution in [2.75, 3.05) is 19.6 Å². The van der Waals surface area contributed by atoms with Crippen molar-refractivity contribution in [1.82, 2.24) is 4.90 Å². The van der Waals surface area contributed by atoms with Gasteiger partial charge in [0.25, 0.3) is 0 Å². The van der Waals surface area contributed by atoms with E-state index in [2.05, 4.69) is 34.7 Å². The summed E-state index contributed by atoms with van der Waals surface area (Å²) in [6, 6.07) is 7.96. The first kappa shape index (κ1) is 16.7. The highest BCUT2D eigenvalue weighted by Crippen LogP contribution is 2.18. The van der Waals surface area contributed by atoms with Gasteiger partial charge in [-0.15, -0.1) is 0 Å². The molecule has 0 saturated carbocycles. The molecule has 0 bridgehead atoms. The molecule has 0 aromatic heterocycles. The van der Waals surface area contributed by atoms with Crippen LogP contribution in [0, 0.1) is 0 Å². The lowest BCUT2D eigenvalue weighted by molar-refractivity contribution is 0.111. The molecule has 0 unspecified atom stereocenters. The third kappa shape index (κ3) is 6.55. The summed E-state index contributed by atoms with van der Waals surface area (Å²) in [5.74, 6) is 0. The van der Waals surface area contributed by atoms with Crippen LogP contribution >= 0.6 is 15.9 Å². The van der Waals surface area contributed by atoms with E-state index in [1.54, 1.807) is 0 Å². The van der Waals surface area contributed by atoms with Crippen LogP contribution in [-0.4, -0.2) is 29.6 Å². The van der Waals surface area contributed by atoms with E-state index < -0.39 is 0 Å². The molecule has 0 amide bonds. The number of hydrogen-bond donors (Lipinski definition) is 1. The summed E-state index contributed by atoms with van der Waals surface area (Å²) in [5.41, 5.74) is 1.00. The fourth-order valence-electron chi connectivity index (χ4n) is 2.09. The van der Waals surface area contributed by atoms with Gasteiger partial charge in [-0.1, -0.05) is 54.8 Å². The average Bonchev–Trinajstić information content (AvgIpc) is 2.42. The maximum Gasteiger partial charge on any atom is 0.0916 e. The molecule has 108 valence electrons. The summed E-state index contributed by atoms with van der Waals surface area (Å²) in [6.07, 6.45) is 4.43. The largest absolute Gasteiger partial charge is 0.387 e. The molecule has 0 aliphatic carbocycles. The molecule has 0 spiro atoms. The van der Waals surface area contributed by atoms with Crippen LogP contribution in [0.3, 0.4) is 0 Å². The van der Waals surface area contributed by atoms with E-state index in [0.717, 1.165) is 29.7 Å². The van der Waals surface area contributed by atoms with Gasteiger partial charge in [0.15, 0.2) is 0 Å². The Hall–Kier alpha value is -0.380. The highest BCUT2D eigenvalue weighted by molar-refractivity contribution is 9.10. The third-order valence-corrected chi connectivity index (χ3v) is 3.87. The van der Waals surface area contributed by atoms with Gasteiger partial charge in [0.1, 0.15) is 0 Å². The number of benzene rings is 1. The Morgan fingerprint density at radius 2 is 1.58 bits per heavy atom. The van der Waals surface area contributed by atoms with Crippen molar-refractivity contribution in [2.24, 2.45) is 0 Å². The molecule has 1 N–H and O–H groups in total.